The Morgan fingerprint density at radius 2 is 1.75 bits per heavy atom. The summed E-state index contributed by atoms with van der Waals surface area (Å²) in [6.07, 6.45) is 16.1. The molecule has 1 aromatic rings. The molecule has 0 saturated carbocycles. The van der Waals surface area contributed by atoms with Gasteiger partial charge >= 0.3 is 0 Å². The van der Waals surface area contributed by atoms with Gasteiger partial charge in [-0.2, -0.15) is 0 Å². The van der Waals surface area contributed by atoms with Gasteiger partial charge in [-0.3, -0.25) is 0 Å². The van der Waals surface area contributed by atoms with Crippen molar-refractivity contribution in [1.29, 1.82) is 0 Å². The van der Waals surface area contributed by atoms with Gasteiger partial charge < -0.3 is 9.47 Å². The first-order valence-electron chi connectivity index (χ1n) is 9.73. The summed E-state index contributed by atoms with van der Waals surface area (Å²) in [6, 6.07) is 8.45. The molecule has 2 heteroatoms. The highest BCUT2D eigenvalue weighted by atomic mass is 16.6. The molecule has 0 radical (unpaired) electrons. The Labute approximate surface area is 148 Å². The number of epoxide rings is 1. The summed E-state index contributed by atoms with van der Waals surface area (Å²) in [7, 11) is 0. The Morgan fingerprint density at radius 1 is 1.04 bits per heavy atom. The first-order valence-corrected chi connectivity index (χ1v) is 9.73. The fourth-order valence-electron chi connectivity index (χ4n) is 2.80. The molecule has 0 N–H and O–H groups in total. The molecule has 24 heavy (non-hydrogen) atoms. The van der Waals surface area contributed by atoms with Gasteiger partial charge in [0.25, 0.3) is 0 Å². The van der Waals surface area contributed by atoms with Gasteiger partial charge in [0.1, 0.15) is 18.0 Å². The van der Waals surface area contributed by atoms with Crippen LogP contribution in [-0.4, -0.2) is 18.8 Å². The molecule has 2 nitrogen and oxygen atoms in total. The van der Waals surface area contributed by atoms with E-state index in [-0.39, 0.29) is 5.60 Å². The van der Waals surface area contributed by atoms with Crippen molar-refractivity contribution in [3.63, 3.8) is 0 Å². The standard InChI is InChI=1S/C22H34O2/c1-3-4-5-6-7-8-9-10-11-12-15-20-16-13-14-17-21(20)23-18-22(2)19-24-22/h5-6,13-14,16-17H,3-4,7-12,15,18-19H2,1-2H3/b6-5+. The van der Waals surface area contributed by atoms with E-state index >= 15 is 0 Å². The van der Waals surface area contributed by atoms with Crippen LogP contribution in [0.15, 0.2) is 36.4 Å². The van der Waals surface area contributed by atoms with Crippen LogP contribution in [0.1, 0.15) is 70.8 Å². The van der Waals surface area contributed by atoms with Crippen LogP contribution in [0.2, 0.25) is 0 Å². The molecule has 0 aromatic heterocycles. The third-order valence-corrected chi connectivity index (χ3v) is 4.58. The fraction of sp³-hybridized carbons (Fsp3) is 0.636. The molecule has 2 rings (SSSR count). The first kappa shape index (κ1) is 19.1. The average Bonchev–Trinajstić information content (AvgIpc) is 3.33. The Kier molecular flexibility index (Phi) is 8.38. The Balaban J connectivity index is 1.57. The van der Waals surface area contributed by atoms with Gasteiger partial charge in [0.2, 0.25) is 0 Å². The molecule has 1 aliphatic rings. The third-order valence-electron chi connectivity index (χ3n) is 4.58. The van der Waals surface area contributed by atoms with E-state index in [0.717, 1.165) is 18.8 Å². The van der Waals surface area contributed by atoms with Crippen LogP contribution in [0.4, 0.5) is 0 Å². The first-order chi connectivity index (χ1) is 11.7. The highest BCUT2D eigenvalue weighted by Gasteiger charge is 2.40. The van der Waals surface area contributed by atoms with Crippen LogP contribution in [0.3, 0.4) is 0 Å². The molecule has 1 atom stereocenters. The molecule has 0 aliphatic carbocycles. The fourth-order valence-corrected chi connectivity index (χ4v) is 2.80. The second-order valence-corrected chi connectivity index (χ2v) is 7.20. The molecule has 134 valence electrons. The number of allylic oxidation sites excluding steroid dienone is 2. The zero-order valence-corrected chi connectivity index (χ0v) is 15.6. The second kappa shape index (κ2) is 10.6. The lowest BCUT2D eigenvalue weighted by Crippen LogP contribution is -2.17. The normalized spacial score (nSPS) is 19.8. The number of ether oxygens (including phenoxy) is 2. The minimum atomic E-state index is -0.0430. The zero-order valence-electron chi connectivity index (χ0n) is 15.6. The minimum Gasteiger partial charge on any atom is -0.490 e. The average molecular weight is 331 g/mol. The summed E-state index contributed by atoms with van der Waals surface area (Å²) in [4.78, 5) is 0. The molecular weight excluding hydrogens is 296 g/mol. The summed E-state index contributed by atoms with van der Waals surface area (Å²) in [6.45, 7) is 5.82. The summed E-state index contributed by atoms with van der Waals surface area (Å²) in [5, 5.41) is 0. The van der Waals surface area contributed by atoms with Crippen molar-refractivity contribution >= 4 is 0 Å². The van der Waals surface area contributed by atoms with Gasteiger partial charge in [-0.15, -0.1) is 0 Å². The smallest absolute Gasteiger partial charge is 0.123 e. The number of unbranched alkanes of at least 4 members (excludes halogenated alkanes) is 6. The third kappa shape index (κ3) is 7.53. The summed E-state index contributed by atoms with van der Waals surface area (Å²) in [5.41, 5.74) is 1.29. The van der Waals surface area contributed by atoms with Crippen molar-refractivity contribution in [3.8, 4) is 5.75 Å². The molecule has 0 bridgehead atoms. The van der Waals surface area contributed by atoms with Gasteiger partial charge in [0.15, 0.2) is 0 Å². The molecule has 1 heterocycles. The van der Waals surface area contributed by atoms with E-state index in [1.54, 1.807) is 0 Å². The van der Waals surface area contributed by atoms with Crippen LogP contribution in [0, 0.1) is 0 Å². The van der Waals surface area contributed by atoms with Gasteiger partial charge in [0.05, 0.1) is 6.61 Å². The second-order valence-electron chi connectivity index (χ2n) is 7.20. The van der Waals surface area contributed by atoms with Crippen molar-refractivity contribution < 1.29 is 9.47 Å². The van der Waals surface area contributed by atoms with E-state index in [4.69, 9.17) is 9.47 Å². The van der Waals surface area contributed by atoms with Crippen LogP contribution in [-0.2, 0) is 11.2 Å². The maximum absolute atomic E-state index is 5.97. The lowest BCUT2D eigenvalue weighted by atomic mass is 10.0. The molecule has 1 aromatic carbocycles. The monoisotopic (exact) mass is 330 g/mol. The molecule has 1 aliphatic heterocycles. The molecular formula is C22H34O2. The summed E-state index contributed by atoms with van der Waals surface area (Å²) in [5.74, 6) is 1.04. The maximum atomic E-state index is 5.97. The molecule has 1 unspecified atom stereocenters. The molecule has 1 saturated heterocycles. The van der Waals surface area contributed by atoms with Gasteiger partial charge in [0, 0.05) is 0 Å². The minimum absolute atomic E-state index is 0.0430. The largest absolute Gasteiger partial charge is 0.490 e. The number of aryl methyl sites for hydroxylation is 1. The Morgan fingerprint density at radius 3 is 2.54 bits per heavy atom. The van der Waals surface area contributed by atoms with Crippen molar-refractivity contribution in [2.45, 2.75) is 77.2 Å². The predicted octanol–water partition coefficient (Wildman–Crippen LogP) is 6.09. The van der Waals surface area contributed by atoms with Gasteiger partial charge in [-0.1, -0.05) is 63.0 Å². The highest BCUT2D eigenvalue weighted by Crippen LogP contribution is 2.28. The Hall–Kier alpha value is -1.28. The van der Waals surface area contributed by atoms with E-state index in [2.05, 4.69) is 50.3 Å². The van der Waals surface area contributed by atoms with Crippen LogP contribution < -0.4 is 4.74 Å². The number of para-hydroxylation sites is 1. The quantitative estimate of drug-likeness (QED) is 0.248. The lowest BCUT2D eigenvalue weighted by molar-refractivity contribution is 0.201. The maximum Gasteiger partial charge on any atom is 0.123 e. The van der Waals surface area contributed by atoms with Crippen LogP contribution in [0.5, 0.6) is 5.75 Å². The highest BCUT2D eigenvalue weighted by molar-refractivity contribution is 5.33. The van der Waals surface area contributed by atoms with Crippen molar-refractivity contribution in [2.75, 3.05) is 13.2 Å². The van der Waals surface area contributed by atoms with E-state index in [9.17, 15) is 0 Å². The zero-order chi connectivity index (χ0) is 17.1. The SMILES string of the molecule is CCC/C=C/CCCCCCCc1ccccc1OCC1(C)CO1. The van der Waals surface area contributed by atoms with E-state index in [0.29, 0.717) is 6.61 Å². The summed E-state index contributed by atoms with van der Waals surface area (Å²) < 4.78 is 11.4. The van der Waals surface area contributed by atoms with Gasteiger partial charge in [-0.25, -0.2) is 0 Å². The summed E-state index contributed by atoms with van der Waals surface area (Å²) >= 11 is 0. The van der Waals surface area contributed by atoms with Crippen molar-refractivity contribution in [1.82, 2.24) is 0 Å². The number of rotatable bonds is 13. The number of benzene rings is 1. The van der Waals surface area contributed by atoms with Crippen LogP contribution >= 0.6 is 0 Å². The number of hydrogen-bond donors (Lipinski definition) is 0. The van der Waals surface area contributed by atoms with Crippen molar-refractivity contribution in [3.05, 3.63) is 42.0 Å². The molecule has 0 spiro atoms. The lowest BCUT2D eigenvalue weighted by Gasteiger charge is -2.13. The topological polar surface area (TPSA) is 21.8 Å². The van der Waals surface area contributed by atoms with E-state index in [1.165, 1.54) is 56.9 Å². The van der Waals surface area contributed by atoms with Crippen LogP contribution in [0.25, 0.3) is 0 Å². The van der Waals surface area contributed by atoms with E-state index in [1.807, 2.05) is 0 Å². The predicted molar refractivity (Wildman–Crippen MR) is 102 cm³/mol. The Bertz CT molecular complexity index is 488. The molecule has 0 amide bonds. The van der Waals surface area contributed by atoms with E-state index < -0.39 is 0 Å². The number of hydrogen-bond acceptors (Lipinski definition) is 2. The van der Waals surface area contributed by atoms with Gasteiger partial charge in [-0.05, 0) is 50.7 Å². The molecule has 1 fully saturated rings. The van der Waals surface area contributed by atoms with Crippen molar-refractivity contribution in [2.24, 2.45) is 0 Å².